The molecule has 1 aliphatic rings. The van der Waals surface area contributed by atoms with E-state index in [0.717, 1.165) is 41.8 Å². The minimum Gasteiger partial charge on any atom is -0.436 e. The molecule has 3 aromatic rings. The average Bonchev–Trinajstić information content (AvgIpc) is 3.34. The molecule has 1 amide bonds. The van der Waals surface area contributed by atoms with Crippen molar-refractivity contribution in [2.24, 2.45) is 0 Å². The zero-order valence-electron chi connectivity index (χ0n) is 14.2. The van der Waals surface area contributed by atoms with Crippen LogP contribution in [0.3, 0.4) is 0 Å². The molecule has 0 spiro atoms. The van der Waals surface area contributed by atoms with Gasteiger partial charge < -0.3 is 14.3 Å². The number of carbonyl (C=O) groups is 1. The minimum atomic E-state index is -0.230. The molecule has 1 aromatic carbocycles. The third kappa shape index (κ3) is 2.95. The van der Waals surface area contributed by atoms with Crippen LogP contribution in [0.4, 0.5) is 0 Å². The van der Waals surface area contributed by atoms with E-state index >= 15 is 0 Å². The number of oxazole rings is 1. The fourth-order valence-electron chi connectivity index (χ4n) is 3.24. The summed E-state index contributed by atoms with van der Waals surface area (Å²) in [7, 11) is 0. The highest BCUT2D eigenvalue weighted by Gasteiger charge is 2.26. The predicted molar refractivity (Wildman–Crippen MR) is 91.1 cm³/mol. The topological polar surface area (TPSA) is 81.2 Å². The second-order valence-corrected chi connectivity index (χ2v) is 6.25. The number of nitrogens with one attached hydrogen (secondary N) is 1. The lowest BCUT2D eigenvalue weighted by atomic mass is 10.0. The van der Waals surface area contributed by atoms with Crippen LogP contribution in [0.15, 0.2) is 39.4 Å². The lowest BCUT2D eigenvalue weighted by Crippen LogP contribution is -2.26. The smallest absolute Gasteiger partial charge is 0.289 e. The fraction of sp³-hybridized carbons (Fsp3) is 0.316. The molecule has 4 rings (SSSR count). The van der Waals surface area contributed by atoms with Crippen LogP contribution in [0.25, 0.3) is 11.3 Å². The molecule has 0 saturated heterocycles. The SMILES string of the molecule is CCc1cc(-c2ccc3c(c2)CC[C@H]3NC(=O)c2cnc(C)o2)no1. The summed E-state index contributed by atoms with van der Waals surface area (Å²) in [5.41, 5.74) is 4.27. The van der Waals surface area contributed by atoms with Crippen LogP contribution in [-0.4, -0.2) is 16.0 Å². The summed E-state index contributed by atoms with van der Waals surface area (Å²) < 4.78 is 10.6. The van der Waals surface area contributed by atoms with Gasteiger partial charge in [0.05, 0.1) is 12.2 Å². The van der Waals surface area contributed by atoms with Gasteiger partial charge in [0.25, 0.3) is 5.91 Å². The number of aryl methyl sites for hydroxylation is 3. The van der Waals surface area contributed by atoms with Crippen LogP contribution in [0.1, 0.15) is 52.7 Å². The summed E-state index contributed by atoms with van der Waals surface area (Å²) in [5, 5.41) is 7.16. The van der Waals surface area contributed by atoms with Gasteiger partial charge in [0.1, 0.15) is 11.5 Å². The van der Waals surface area contributed by atoms with Gasteiger partial charge in [0.2, 0.25) is 5.76 Å². The Morgan fingerprint density at radius 3 is 2.96 bits per heavy atom. The molecular weight excluding hydrogens is 318 g/mol. The van der Waals surface area contributed by atoms with E-state index in [9.17, 15) is 4.79 Å². The normalized spacial score (nSPS) is 16.0. The van der Waals surface area contributed by atoms with Crippen molar-refractivity contribution in [2.45, 2.75) is 39.2 Å². The molecule has 0 fully saturated rings. The van der Waals surface area contributed by atoms with Crippen molar-refractivity contribution in [1.82, 2.24) is 15.5 Å². The zero-order valence-corrected chi connectivity index (χ0v) is 14.2. The van der Waals surface area contributed by atoms with Crippen LogP contribution >= 0.6 is 0 Å². The van der Waals surface area contributed by atoms with Crippen LogP contribution in [0.2, 0.25) is 0 Å². The number of hydrogen-bond donors (Lipinski definition) is 1. The highest BCUT2D eigenvalue weighted by atomic mass is 16.5. The van der Waals surface area contributed by atoms with Crippen molar-refractivity contribution in [3.05, 3.63) is 59.0 Å². The largest absolute Gasteiger partial charge is 0.436 e. The third-order valence-electron chi connectivity index (χ3n) is 4.57. The fourth-order valence-corrected chi connectivity index (χ4v) is 3.24. The van der Waals surface area contributed by atoms with Crippen molar-refractivity contribution in [2.75, 3.05) is 0 Å². The summed E-state index contributed by atoms with van der Waals surface area (Å²) in [6, 6.07) is 8.19. The molecule has 0 radical (unpaired) electrons. The number of nitrogens with zero attached hydrogens (tertiary/aromatic N) is 2. The van der Waals surface area contributed by atoms with Crippen LogP contribution in [-0.2, 0) is 12.8 Å². The van der Waals surface area contributed by atoms with E-state index < -0.39 is 0 Å². The zero-order chi connectivity index (χ0) is 17.4. The summed E-state index contributed by atoms with van der Waals surface area (Å²) in [5.74, 6) is 1.38. The van der Waals surface area contributed by atoms with Gasteiger partial charge in [-0.25, -0.2) is 4.98 Å². The Kier molecular flexibility index (Phi) is 3.87. The van der Waals surface area contributed by atoms with Gasteiger partial charge in [-0.2, -0.15) is 0 Å². The van der Waals surface area contributed by atoms with Gasteiger partial charge in [0.15, 0.2) is 5.89 Å². The van der Waals surface area contributed by atoms with E-state index in [2.05, 4.69) is 27.6 Å². The number of aromatic nitrogens is 2. The second-order valence-electron chi connectivity index (χ2n) is 6.25. The summed E-state index contributed by atoms with van der Waals surface area (Å²) in [6.45, 7) is 3.76. The first-order valence-electron chi connectivity index (χ1n) is 8.46. The Balaban J connectivity index is 1.54. The van der Waals surface area contributed by atoms with Gasteiger partial charge >= 0.3 is 0 Å². The standard InChI is InChI=1S/C19H19N3O3/c1-3-14-9-17(22-25-14)13-4-6-15-12(8-13)5-7-16(15)21-19(23)18-10-20-11(2)24-18/h4,6,8-10,16H,3,5,7H2,1-2H3,(H,21,23)/t16-/m1/s1. The molecule has 25 heavy (non-hydrogen) atoms. The Morgan fingerprint density at radius 1 is 1.36 bits per heavy atom. The van der Waals surface area contributed by atoms with Gasteiger partial charge in [-0.15, -0.1) is 0 Å². The Bertz CT molecular complexity index is 926. The molecule has 1 N–H and O–H groups in total. The maximum absolute atomic E-state index is 12.3. The van der Waals surface area contributed by atoms with Crippen LogP contribution in [0, 0.1) is 6.92 Å². The number of hydrogen-bond acceptors (Lipinski definition) is 5. The first kappa shape index (κ1) is 15.6. The number of amides is 1. The van der Waals surface area contributed by atoms with E-state index in [0.29, 0.717) is 5.89 Å². The predicted octanol–water partition coefficient (Wildman–Crippen LogP) is 3.62. The second kappa shape index (κ2) is 6.20. The molecular formula is C19H19N3O3. The molecule has 0 saturated carbocycles. The number of fused-ring (bicyclic) bond motifs is 1. The molecule has 128 valence electrons. The van der Waals surface area contributed by atoms with Gasteiger partial charge in [-0.1, -0.05) is 24.2 Å². The number of rotatable bonds is 4. The third-order valence-corrected chi connectivity index (χ3v) is 4.57. The van der Waals surface area contributed by atoms with Gasteiger partial charge in [-0.3, -0.25) is 4.79 Å². The molecule has 1 atom stereocenters. The molecule has 1 aliphatic carbocycles. The van der Waals surface area contributed by atoms with Gasteiger partial charge in [0, 0.05) is 25.0 Å². The van der Waals surface area contributed by atoms with E-state index in [1.54, 1.807) is 6.92 Å². The first-order chi connectivity index (χ1) is 12.1. The monoisotopic (exact) mass is 337 g/mol. The van der Waals surface area contributed by atoms with Gasteiger partial charge in [-0.05, 0) is 30.0 Å². The van der Waals surface area contributed by atoms with Crippen molar-refractivity contribution in [3.8, 4) is 11.3 Å². The highest BCUT2D eigenvalue weighted by molar-refractivity contribution is 5.91. The molecule has 2 heterocycles. The molecule has 6 heteroatoms. The maximum Gasteiger partial charge on any atom is 0.289 e. The lowest BCUT2D eigenvalue weighted by molar-refractivity contribution is 0.0907. The summed E-state index contributed by atoms with van der Waals surface area (Å²) >= 11 is 0. The van der Waals surface area contributed by atoms with Crippen molar-refractivity contribution >= 4 is 5.91 Å². The minimum absolute atomic E-state index is 0.00883. The Morgan fingerprint density at radius 2 is 2.24 bits per heavy atom. The van der Waals surface area contributed by atoms with Crippen molar-refractivity contribution in [3.63, 3.8) is 0 Å². The molecule has 6 nitrogen and oxygen atoms in total. The molecule has 2 aromatic heterocycles. The Labute approximate surface area is 145 Å². The first-order valence-corrected chi connectivity index (χ1v) is 8.46. The number of carbonyl (C=O) groups excluding carboxylic acids is 1. The van der Waals surface area contributed by atoms with Crippen LogP contribution < -0.4 is 5.32 Å². The van der Waals surface area contributed by atoms with E-state index in [1.165, 1.54) is 11.8 Å². The molecule has 0 unspecified atom stereocenters. The quantitative estimate of drug-likeness (QED) is 0.786. The number of benzene rings is 1. The summed E-state index contributed by atoms with van der Waals surface area (Å²) in [4.78, 5) is 16.2. The van der Waals surface area contributed by atoms with E-state index in [1.807, 2.05) is 19.1 Å². The molecule has 0 bridgehead atoms. The summed E-state index contributed by atoms with van der Waals surface area (Å²) in [6.07, 6.45) is 4.07. The maximum atomic E-state index is 12.3. The van der Waals surface area contributed by atoms with Crippen LogP contribution in [0.5, 0.6) is 0 Å². The molecule has 0 aliphatic heterocycles. The van der Waals surface area contributed by atoms with Crippen molar-refractivity contribution < 1.29 is 13.7 Å². The van der Waals surface area contributed by atoms with Crippen molar-refractivity contribution in [1.29, 1.82) is 0 Å². The van der Waals surface area contributed by atoms with E-state index in [-0.39, 0.29) is 17.7 Å². The highest BCUT2D eigenvalue weighted by Crippen LogP contribution is 2.34. The Hall–Kier alpha value is -2.89. The van der Waals surface area contributed by atoms with E-state index in [4.69, 9.17) is 8.94 Å². The average molecular weight is 337 g/mol. The lowest BCUT2D eigenvalue weighted by Gasteiger charge is -2.13.